The lowest BCUT2D eigenvalue weighted by Gasteiger charge is -2.17. The van der Waals surface area contributed by atoms with E-state index in [1.54, 1.807) is 0 Å². The fourth-order valence-corrected chi connectivity index (χ4v) is 3.37. The predicted molar refractivity (Wildman–Crippen MR) is 87.7 cm³/mol. The van der Waals surface area contributed by atoms with Gasteiger partial charge in [-0.05, 0) is 42.0 Å². The summed E-state index contributed by atoms with van der Waals surface area (Å²) in [6, 6.07) is 11.4. The summed E-state index contributed by atoms with van der Waals surface area (Å²) in [6.07, 6.45) is 2.39. The van der Waals surface area contributed by atoms with Crippen molar-refractivity contribution in [3.8, 4) is 0 Å². The van der Waals surface area contributed by atoms with Gasteiger partial charge in [0.1, 0.15) is 0 Å². The molecule has 0 saturated heterocycles. The van der Waals surface area contributed by atoms with Gasteiger partial charge in [-0.2, -0.15) is 0 Å². The van der Waals surface area contributed by atoms with Crippen molar-refractivity contribution in [2.24, 2.45) is 0 Å². The minimum absolute atomic E-state index is 0.477. The van der Waals surface area contributed by atoms with Gasteiger partial charge in [0, 0.05) is 21.9 Å². The molecule has 0 spiro atoms. The van der Waals surface area contributed by atoms with Gasteiger partial charge in [0.2, 0.25) is 0 Å². The average molecular weight is 338 g/mol. The largest absolute Gasteiger partial charge is 0.305 e. The monoisotopic (exact) mass is 337 g/mol. The van der Waals surface area contributed by atoms with Crippen LogP contribution >= 0.6 is 27.3 Å². The molecule has 0 radical (unpaired) electrons. The maximum absolute atomic E-state index is 3.68. The Morgan fingerprint density at radius 1 is 1.32 bits per heavy atom. The fourth-order valence-electron chi connectivity index (χ4n) is 2.11. The van der Waals surface area contributed by atoms with E-state index in [-0.39, 0.29) is 0 Å². The molecule has 1 nitrogen and oxygen atoms in total. The normalized spacial score (nSPS) is 12.6. The number of rotatable bonds is 6. The molecule has 2 aromatic rings. The van der Waals surface area contributed by atoms with Gasteiger partial charge < -0.3 is 5.32 Å². The molecule has 1 N–H and O–H groups in total. The molecule has 102 valence electrons. The van der Waals surface area contributed by atoms with E-state index < -0.39 is 0 Å². The number of aryl methyl sites for hydroxylation is 1. The molecule has 19 heavy (non-hydrogen) atoms. The van der Waals surface area contributed by atoms with Crippen LogP contribution in [0.25, 0.3) is 0 Å². The van der Waals surface area contributed by atoms with Gasteiger partial charge in [0.25, 0.3) is 0 Å². The van der Waals surface area contributed by atoms with Crippen molar-refractivity contribution in [3.63, 3.8) is 0 Å². The summed E-state index contributed by atoms with van der Waals surface area (Å²) < 4.78 is 1.19. The van der Waals surface area contributed by atoms with Crippen LogP contribution in [0.5, 0.6) is 0 Å². The van der Waals surface area contributed by atoms with Crippen LogP contribution in [0.15, 0.2) is 40.2 Å². The number of hydrogen-bond donors (Lipinski definition) is 1. The zero-order valence-electron chi connectivity index (χ0n) is 11.4. The highest BCUT2D eigenvalue weighted by molar-refractivity contribution is 9.10. The SMILES string of the molecule is CCCC(NCc1ccc(C)c(Br)c1)c1cccs1. The van der Waals surface area contributed by atoms with Gasteiger partial charge in [0.15, 0.2) is 0 Å². The predicted octanol–water partition coefficient (Wildman–Crippen LogP) is 5.45. The second-order valence-corrected chi connectivity index (χ2v) is 6.65. The van der Waals surface area contributed by atoms with Crippen LogP contribution in [0.3, 0.4) is 0 Å². The standard InChI is InChI=1S/C16H20BrNS/c1-3-5-15(16-6-4-9-19-16)18-11-13-8-7-12(2)14(17)10-13/h4,6-10,15,18H,3,5,11H2,1-2H3. The molecule has 0 saturated carbocycles. The van der Waals surface area contributed by atoms with Crippen molar-refractivity contribution in [2.45, 2.75) is 39.3 Å². The summed E-state index contributed by atoms with van der Waals surface area (Å²) in [5.74, 6) is 0. The Hall–Kier alpha value is -0.640. The summed E-state index contributed by atoms with van der Waals surface area (Å²) in [6.45, 7) is 5.28. The number of thiophene rings is 1. The quantitative estimate of drug-likeness (QED) is 0.738. The van der Waals surface area contributed by atoms with Crippen molar-refractivity contribution in [1.29, 1.82) is 0 Å². The van der Waals surface area contributed by atoms with E-state index in [0.29, 0.717) is 6.04 Å². The highest BCUT2D eigenvalue weighted by Gasteiger charge is 2.11. The summed E-state index contributed by atoms with van der Waals surface area (Å²) in [5.41, 5.74) is 2.61. The van der Waals surface area contributed by atoms with E-state index in [2.05, 4.69) is 70.8 Å². The average Bonchev–Trinajstić information content (AvgIpc) is 2.92. The second-order valence-electron chi connectivity index (χ2n) is 4.82. The minimum atomic E-state index is 0.477. The molecule has 3 heteroatoms. The lowest BCUT2D eigenvalue weighted by molar-refractivity contribution is 0.500. The zero-order valence-corrected chi connectivity index (χ0v) is 13.9. The van der Waals surface area contributed by atoms with Crippen molar-refractivity contribution in [3.05, 3.63) is 56.2 Å². The van der Waals surface area contributed by atoms with Crippen LogP contribution in [-0.4, -0.2) is 0 Å². The van der Waals surface area contributed by atoms with E-state index in [4.69, 9.17) is 0 Å². The molecule has 1 heterocycles. The van der Waals surface area contributed by atoms with Crippen LogP contribution in [0, 0.1) is 6.92 Å². The number of hydrogen-bond acceptors (Lipinski definition) is 2. The molecule has 2 rings (SSSR count). The first-order chi connectivity index (χ1) is 9.20. The first-order valence-corrected chi connectivity index (χ1v) is 8.39. The minimum Gasteiger partial charge on any atom is -0.305 e. The molecule has 0 bridgehead atoms. The maximum Gasteiger partial charge on any atom is 0.0417 e. The summed E-state index contributed by atoms with van der Waals surface area (Å²) >= 11 is 5.44. The molecule has 0 amide bonds. The molecule has 0 fully saturated rings. The van der Waals surface area contributed by atoms with Crippen molar-refractivity contribution in [1.82, 2.24) is 5.32 Å². The molecule has 1 atom stereocenters. The number of benzene rings is 1. The molecule has 0 aliphatic carbocycles. The van der Waals surface area contributed by atoms with E-state index in [1.807, 2.05) is 11.3 Å². The maximum atomic E-state index is 3.68. The molecule has 0 aliphatic rings. The van der Waals surface area contributed by atoms with Crippen LogP contribution in [0.4, 0.5) is 0 Å². The van der Waals surface area contributed by atoms with E-state index in [9.17, 15) is 0 Å². The zero-order chi connectivity index (χ0) is 13.7. The van der Waals surface area contributed by atoms with Gasteiger partial charge >= 0.3 is 0 Å². The van der Waals surface area contributed by atoms with E-state index in [1.165, 1.54) is 33.3 Å². The Bertz CT molecular complexity index is 507. The second kappa shape index (κ2) is 7.22. The molecule has 0 aliphatic heterocycles. The highest BCUT2D eigenvalue weighted by Crippen LogP contribution is 2.24. The fraction of sp³-hybridized carbons (Fsp3) is 0.375. The first-order valence-electron chi connectivity index (χ1n) is 6.72. The smallest absolute Gasteiger partial charge is 0.0417 e. The third-order valence-electron chi connectivity index (χ3n) is 3.25. The van der Waals surface area contributed by atoms with Gasteiger partial charge in [-0.15, -0.1) is 11.3 Å². The van der Waals surface area contributed by atoms with Gasteiger partial charge in [-0.1, -0.05) is 47.5 Å². The third kappa shape index (κ3) is 4.16. The topological polar surface area (TPSA) is 12.0 Å². The van der Waals surface area contributed by atoms with Crippen molar-refractivity contribution in [2.75, 3.05) is 0 Å². The lowest BCUT2D eigenvalue weighted by atomic mass is 10.1. The van der Waals surface area contributed by atoms with Crippen LogP contribution in [0.2, 0.25) is 0 Å². The Balaban J connectivity index is 2.00. The van der Waals surface area contributed by atoms with Gasteiger partial charge in [0.05, 0.1) is 0 Å². The Kier molecular flexibility index (Phi) is 5.61. The first kappa shape index (κ1) is 14.8. The highest BCUT2D eigenvalue weighted by atomic mass is 79.9. The summed E-state index contributed by atoms with van der Waals surface area (Å²) in [7, 11) is 0. The molecular formula is C16H20BrNS. The van der Waals surface area contributed by atoms with Crippen LogP contribution in [-0.2, 0) is 6.54 Å². The van der Waals surface area contributed by atoms with Gasteiger partial charge in [-0.25, -0.2) is 0 Å². The van der Waals surface area contributed by atoms with Crippen LogP contribution < -0.4 is 5.32 Å². The van der Waals surface area contributed by atoms with Crippen molar-refractivity contribution >= 4 is 27.3 Å². The Labute approximate surface area is 128 Å². The summed E-state index contributed by atoms with van der Waals surface area (Å²) in [5, 5.41) is 5.83. The Morgan fingerprint density at radius 3 is 2.79 bits per heavy atom. The molecular weight excluding hydrogens is 318 g/mol. The summed E-state index contributed by atoms with van der Waals surface area (Å²) in [4.78, 5) is 1.44. The van der Waals surface area contributed by atoms with E-state index >= 15 is 0 Å². The van der Waals surface area contributed by atoms with Crippen LogP contribution in [0.1, 0.15) is 41.8 Å². The van der Waals surface area contributed by atoms with E-state index in [0.717, 1.165) is 6.54 Å². The van der Waals surface area contributed by atoms with Crippen molar-refractivity contribution < 1.29 is 0 Å². The lowest BCUT2D eigenvalue weighted by Crippen LogP contribution is -2.20. The van der Waals surface area contributed by atoms with Gasteiger partial charge in [-0.3, -0.25) is 0 Å². The number of halogens is 1. The third-order valence-corrected chi connectivity index (χ3v) is 5.09. The molecule has 1 unspecified atom stereocenters. The molecule has 1 aromatic heterocycles. The molecule has 1 aromatic carbocycles. The Morgan fingerprint density at radius 2 is 2.16 bits per heavy atom. The number of nitrogens with one attached hydrogen (secondary N) is 1.